The zero-order chi connectivity index (χ0) is 23.2. The van der Waals surface area contributed by atoms with Gasteiger partial charge in [0.1, 0.15) is 0 Å². The quantitative estimate of drug-likeness (QED) is 0.549. The minimum atomic E-state index is -3.55. The monoisotopic (exact) mass is 446 g/mol. The van der Waals surface area contributed by atoms with Crippen molar-refractivity contribution >= 4 is 21.9 Å². The van der Waals surface area contributed by atoms with Crippen molar-refractivity contribution in [2.75, 3.05) is 34.3 Å². The van der Waals surface area contributed by atoms with Crippen molar-refractivity contribution in [2.45, 2.75) is 31.6 Å². The Hall–Kier alpha value is -2.71. The number of esters is 1. The molecule has 0 fully saturated rings. The van der Waals surface area contributed by atoms with Crippen molar-refractivity contribution in [3.8, 4) is 11.1 Å². The molecule has 0 bridgehead atoms. The molecule has 0 radical (unpaired) electrons. The second kappa shape index (κ2) is 10.5. The number of amides is 1. The summed E-state index contributed by atoms with van der Waals surface area (Å²) in [5.74, 6) is -0.692. The summed E-state index contributed by atoms with van der Waals surface area (Å²) in [6.45, 7) is 5.27. The predicted octanol–water partition coefficient (Wildman–Crippen LogP) is 3.65. The maximum Gasteiger partial charge on any atom is 0.337 e. The minimum absolute atomic E-state index is 0.150. The number of benzene rings is 2. The number of rotatable bonds is 9. The first-order valence-electron chi connectivity index (χ1n) is 10.2. The molecular formula is C23H30N2O5S. The number of hydrogen-bond acceptors (Lipinski definition) is 5. The Kier molecular flexibility index (Phi) is 8.36. The molecule has 0 saturated carbocycles. The Morgan fingerprint density at radius 2 is 1.42 bits per heavy atom. The SMILES string of the molecule is CCCN(CCC)C(=O)c1cc(C(=O)OC)cc(-c2ccc(S(=O)(=O)N(C)C)cc2)c1. The molecule has 0 aromatic heterocycles. The predicted molar refractivity (Wildman–Crippen MR) is 121 cm³/mol. The molecule has 0 aliphatic carbocycles. The first kappa shape index (κ1) is 24.6. The normalized spacial score (nSPS) is 11.4. The van der Waals surface area contributed by atoms with E-state index in [1.54, 1.807) is 35.2 Å². The number of methoxy groups -OCH3 is 1. The van der Waals surface area contributed by atoms with Gasteiger partial charge in [0.25, 0.3) is 5.91 Å². The molecule has 1 amide bonds. The van der Waals surface area contributed by atoms with E-state index in [0.717, 1.165) is 17.1 Å². The molecule has 0 aliphatic rings. The highest BCUT2D eigenvalue weighted by molar-refractivity contribution is 7.89. The Morgan fingerprint density at radius 3 is 1.90 bits per heavy atom. The highest BCUT2D eigenvalue weighted by Gasteiger charge is 2.20. The van der Waals surface area contributed by atoms with Crippen molar-refractivity contribution in [3.05, 3.63) is 53.6 Å². The fourth-order valence-corrected chi connectivity index (χ4v) is 4.12. The zero-order valence-electron chi connectivity index (χ0n) is 18.7. The van der Waals surface area contributed by atoms with Crippen LogP contribution in [0.4, 0.5) is 0 Å². The van der Waals surface area contributed by atoms with Crippen molar-refractivity contribution < 1.29 is 22.7 Å². The highest BCUT2D eigenvalue weighted by atomic mass is 32.2. The van der Waals surface area contributed by atoms with Gasteiger partial charge in [0.2, 0.25) is 10.0 Å². The van der Waals surface area contributed by atoms with Gasteiger partial charge in [-0.2, -0.15) is 0 Å². The highest BCUT2D eigenvalue weighted by Crippen LogP contribution is 2.26. The summed E-state index contributed by atoms with van der Waals surface area (Å²) in [7, 11) is 0.684. The Balaban J connectivity index is 2.54. The fourth-order valence-electron chi connectivity index (χ4n) is 3.22. The summed E-state index contributed by atoms with van der Waals surface area (Å²) in [5.41, 5.74) is 1.98. The van der Waals surface area contributed by atoms with Crippen LogP contribution in [0.1, 0.15) is 47.4 Å². The van der Waals surface area contributed by atoms with Gasteiger partial charge in [0.15, 0.2) is 0 Å². The van der Waals surface area contributed by atoms with E-state index in [9.17, 15) is 18.0 Å². The lowest BCUT2D eigenvalue weighted by Gasteiger charge is -2.22. The standard InChI is InChI=1S/C23H30N2O5S/c1-6-12-25(13-7-2)22(26)19-14-18(15-20(16-19)23(27)30-5)17-8-10-21(11-9-17)31(28,29)24(3)4/h8-11,14-16H,6-7,12-13H2,1-5H3. The number of carbonyl (C=O) groups is 2. The Morgan fingerprint density at radius 1 is 0.871 bits per heavy atom. The second-order valence-corrected chi connectivity index (χ2v) is 9.55. The molecule has 0 aliphatic heterocycles. The number of sulfonamides is 1. The lowest BCUT2D eigenvalue weighted by molar-refractivity contribution is 0.0600. The third kappa shape index (κ3) is 5.71. The molecule has 31 heavy (non-hydrogen) atoms. The number of hydrogen-bond donors (Lipinski definition) is 0. The van der Waals surface area contributed by atoms with E-state index in [1.165, 1.54) is 33.3 Å². The third-order valence-electron chi connectivity index (χ3n) is 4.84. The molecule has 2 aromatic rings. The minimum Gasteiger partial charge on any atom is -0.465 e. The second-order valence-electron chi connectivity index (χ2n) is 7.39. The van der Waals surface area contributed by atoms with Crippen LogP contribution in [0, 0.1) is 0 Å². The van der Waals surface area contributed by atoms with Gasteiger partial charge in [0, 0.05) is 32.7 Å². The molecule has 0 N–H and O–H groups in total. The van der Waals surface area contributed by atoms with E-state index in [-0.39, 0.29) is 16.4 Å². The van der Waals surface area contributed by atoms with Gasteiger partial charge in [-0.05, 0) is 54.3 Å². The van der Waals surface area contributed by atoms with Crippen LogP contribution in [0.3, 0.4) is 0 Å². The van der Waals surface area contributed by atoms with E-state index >= 15 is 0 Å². The number of nitrogens with zero attached hydrogens (tertiary/aromatic N) is 2. The molecule has 8 heteroatoms. The van der Waals surface area contributed by atoms with Crippen molar-refractivity contribution in [2.24, 2.45) is 0 Å². The summed E-state index contributed by atoms with van der Waals surface area (Å²) in [5, 5.41) is 0. The third-order valence-corrected chi connectivity index (χ3v) is 6.67. The maximum absolute atomic E-state index is 13.1. The van der Waals surface area contributed by atoms with Gasteiger partial charge in [-0.25, -0.2) is 17.5 Å². The van der Waals surface area contributed by atoms with Gasteiger partial charge in [-0.1, -0.05) is 26.0 Å². The Labute approximate surface area is 184 Å². The van der Waals surface area contributed by atoms with Crippen molar-refractivity contribution in [3.63, 3.8) is 0 Å². The average molecular weight is 447 g/mol. The maximum atomic E-state index is 13.1. The van der Waals surface area contributed by atoms with Crippen LogP contribution in [-0.2, 0) is 14.8 Å². The summed E-state index contributed by atoms with van der Waals surface area (Å²) >= 11 is 0. The average Bonchev–Trinajstić information content (AvgIpc) is 2.77. The Bertz CT molecular complexity index is 1020. The summed E-state index contributed by atoms with van der Waals surface area (Å²) < 4.78 is 30.6. The number of ether oxygens (including phenoxy) is 1. The molecular weight excluding hydrogens is 416 g/mol. The number of carbonyl (C=O) groups excluding carboxylic acids is 2. The molecule has 0 heterocycles. The molecule has 168 valence electrons. The van der Waals surface area contributed by atoms with Crippen LogP contribution in [0.2, 0.25) is 0 Å². The van der Waals surface area contributed by atoms with Gasteiger partial charge < -0.3 is 9.64 Å². The van der Waals surface area contributed by atoms with E-state index in [4.69, 9.17) is 4.74 Å². The molecule has 0 spiro atoms. The van der Waals surface area contributed by atoms with E-state index in [2.05, 4.69) is 0 Å². The van der Waals surface area contributed by atoms with Crippen LogP contribution in [0.5, 0.6) is 0 Å². The molecule has 0 saturated heterocycles. The molecule has 0 atom stereocenters. The lowest BCUT2D eigenvalue weighted by Crippen LogP contribution is -2.32. The van der Waals surface area contributed by atoms with Gasteiger partial charge in [0.05, 0.1) is 17.6 Å². The lowest BCUT2D eigenvalue weighted by atomic mass is 9.99. The molecule has 0 unspecified atom stereocenters. The first-order chi connectivity index (χ1) is 14.6. The van der Waals surface area contributed by atoms with Crippen LogP contribution >= 0.6 is 0 Å². The van der Waals surface area contributed by atoms with Gasteiger partial charge in [-0.3, -0.25) is 4.79 Å². The van der Waals surface area contributed by atoms with Crippen LogP contribution in [-0.4, -0.2) is 63.8 Å². The summed E-state index contributed by atoms with van der Waals surface area (Å²) in [6.07, 6.45) is 1.66. The fraction of sp³-hybridized carbons (Fsp3) is 0.391. The van der Waals surface area contributed by atoms with E-state index in [0.29, 0.717) is 29.8 Å². The topological polar surface area (TPSA) is 84.0 Å². The zero-order valence-corrected chi connectivity index (χ0v) is 19.5. The smallest absolute Gasteiger partial charge is 0.337 e. The van der Waals surface area contributed by atoms with Crippen molar-refractivity contribution in [1.82, 2.24) is 9.21 Å². The first-order valence-corrected chi connectivity index (χ1v) is 11.6. The largest absolute Gasteiger partial charge is 0.465 e. The summed E-state index contributed by atoms with van der Waals surface area (Å²) in [4.78, 5) is 27.3. The van der Waals surface area contributed by atoms with E-state index < -0.39 is 16.0 Å². The summed E-state index contributed by atoms with van der Waals surface area (Å²) in [6, 6.07) is 11.3. The van der Waals surface area contributed by atoms with Gasteiger partial charge in [-0.15, -0.1) is 0 Å². The van der Waals surface area contributed by atoms with Crippen LogP contribution < -0.4 is 0 Å². The van der Waals surface area contributed by atoms with Gasteiger partial charge >= 0.3 is 5.97 Å². The molecule has 2 rings (SSSR count). The molecule has 7 nitrogen and oxygen atoms in total. The molecule has 2 aromatic carbocycles. The van der Waals surface area contributed by atoms with Crippen molar-refractivity contribution in [1.29, 1.82) is 0 Å². The van der Waals surface area contributed by atoms with Crippen LogP contribution in [0.15, 0.2) is 47.4 Å². The van der Waals surface area contributed by atoms with E-state index in [1.807, 2.05) is 13.8 Å². The van der Waals surface area contributed by atoms with Crippen LogP contribution in [0.25, 0.3) is 11.1 Å².